The first-order valence-corrected chi connectivity index (χ1v) is 4.37. The van der Waals surface area contributed by atoms with Crippen molar-refractivity contribution >= 4 is 17.4 Å². The van der Waals surface area contributed by atoms with Gasteiger partial charge in [-0.15, -0.1) is 0 Å². The van der Waals surface area contributed by atoms with E-state index in [9.17, 15) is 4.79 Å². The fourth-order valence-corrected chi connectivity index (χ4v) is 0.982. The van der Waals surface area contributed by atoms with Crippen LogP contribution in [0.4, 0.5) is 5.69 Å². The zero-order valence-corrected chi connectivity index (χ0v) is 8.00. The summed E-state index contributed by atoms with van der Waals surface area (Å²) in [6.45, 7) is 1.79. The average molecular weight is 191 g/mol. The van der Waals surface area contributed by atoms with Gasteiger partial charge in [0.25, 0.3) is 0 Å². The first-order chi connectivity index (χ1) is 6.63. The van der Waals surface area contributed by atoms with Crippen LogP contribution in [0.3, 0.4) is 0 Å². The highest BCUT2D eigenvalue weighted by Gasteiger charge is 1.99. The number of benzene rings is 1. The van der Waals surface area contributed by atoms with Crippen LogP contribution in [-0.4, -0.2) is 11.7 Å². The summed E-state index contributed by atoms with van der Waals surface area (Å²) in [6, 6.07) is 6.86. The van der Waals surface area contributed by atoms with E-state index in [1.807, 2.05) is 0 Å². The predicted molar refractivity (Wildman–Crippen MR) is 56.4 cm³/mol. The summed E-state index contributed by atoms with van der Waals surface area (Å²) < 4.78 is 0. The first kappa shape index (κ1) is 10.2. The Morgan fingerprint density at radius 2 is 2.00 bits per heavy atom. The number of nitrogen functional groups attached to an aromatic ring is 1. The molecular weight excluding hydrogens is 178 g/mol. The van der Waals surface area contributed by atoms with Gasteiger partial charge in [0.2, 0.25) is 5.91 Å². The summed E-state index contributed by atoms with van der Waals surface area (Å²) in [6.07, 6.45) is 0.453. The van der Waals surface area contributed by atoms with Gasteiger partial charge in [-0.1, -0.05) is 6.92 Å². The van der Waals surface area contributed by atoms with Crippen molar-refractivity contribution in [1.82, 2.24) is 0 Å². The second-order valence-electron chi connectivity index (χ2n) is 2.89. The highest BCUT2D eigenvalue weighted by atomic mass is 16.1. The van der Waals surface area contributed by atoms with Crippen LogP contribution >= 0.6 is 0 Å². The molecule has 1 aromatic carbocycles. The van der Waals surface area contributed by atoms with Crippen LogP contribution in [0.1, 0.15) is 18.9 Å². The molecule has 0 heterocycles. The Hall–Kier alpha value is -1.84. The molecule has 4 heteroatoms. The second kappa shape index (κ2) is 4.41. The second-order valence-corrected chi connectivity index (χ2v) is 2.89. The van der Waals surface area contributed by atoms with E-state index >= 15 is 0 Å². The quantitative estimate of drug-likeness (QED) is 0.497. The van der Waals surface area contributed by atoms with Crippen LogP contribution in [0.5, 0.6) is 0 Å². The van der Waals surface area contributed by atoms with Crippen molar-refractivity contribution in [3.8, 4) is 0 Å². The lowest BCUT2D eigenvalue weighted by molar-refractivity contribution is -0.115. The van der Waals surface area contributed by atoms with Gasteiger partial charge in [-0.3, -0.25) is 10.2 Å². The molecule has 4 N–H and O–H groups in total. The van der Waals surface area contributed by atoms with E-state index in [2.05, 4.69) is 5.32 Å². The van der Waals surface area contributed by atoms with E-state index in [4.69, 9.17) is 11.1 Å². The molecule has 0 bridgehead atoms. The molecule has 1 rings (SSSR count). The van der Waals surface area contributed by atoms with E-state index in [0.717, 1.165) is 5.69 Å². The van der Waals surface area contributed by atoms with Crippen LogP contribution in [0, 0.1) is 5.41 Å². The molecule has 0 saturated carbocycles. The molecule has 0 radical (unpaired) electrons. The lowest BCUT2D eigenvalue weighted by Gasteiger charge is -2.04. The van der Waals surface area contributed by atoms with Gasteiger partial charge in [-0.05, 0) is 24.3 Å². The molecule has 14 heavy (non-hydrogen) atoms. The minimum Gasteiger partial charge on any atom is -0.384 e. The summed E-state index contributed by atoms with van der Waals surface area (Å²) in [5, 5.41) is 9.88. The third kappa shape index (κ3) is 2.58. The van der Waals surface area contributed by atoms with Gasteiger partial charge in [-0.2, -0.15) is 0 Å². The highest BCUT2D eigenvalue weighted by Crippen LogP contribution is 2.09. The number of carbonyl (C=O) groups is 1. The molecule has 0 atom stereocenters. The van der Waals surface area contributed by atoms with Crippen molar-refractivity contribution in [1.29, 1.82) is 5.41 Å². The van der Waals surface area contributed by atoms with E-state index in [1.54, 1.807) is 31.2 Å². The third-order valence-corrected chi connectivity index (χ3v) is 1.80. The minimum atomic E-state index is -0.0272. The molecule has 0 aliphatic rings. The standard InChI is InChI=1S/C10H13N3O/c1-2-9(14)13-8-5-3-7(4-6-8)10(11)12/h3-6H,2H2,1H3,(H3,11,12)(H,13,14). The molecule has 0 saturated heterocycles. The molecule has 0 aliphatic carbocycles. The van der Waals surface area contributed by atoms with Crippen LogP contribution in [-0.2, 0) is 4.79 Å². The van der Waals surface area contributed by atoms with Gasteiger partial charge in [0.05, 0.1) is 0 Å². The average Bonchev–Trinajstić information content (AvgIpc) is 2.18. The molecule has 0 unspecified atom stereocenters. The molecule has 1 amide bonds. The van der Waals surface area contributed by atoms with E-state index in [-0.39, 0.29) is 11.7 Å². The molecule has 0 aromatic heterocycles. The minimum absolute atomic E-state index is 0.0263. The van der Waals surface area contributed by atoms with Crippen molar-refractivity contribution in [2.45, 2.75) is 13.3 Å². The number of anilines is 1. The maximum atomic E-state index is 11.0. The lowest BCUT2D eigenvalue weighted by Crippen LogP contribution is -2.12. The van der Waals surface area contributed by atoms with Gasteiger partial charge < -0.3 is 11.1 Å². The maximum Gasteiger partial charge on any atom is 0.224 e. The summed E-state index contributed by atoms with van der Waals surface area (Å²) in [4.78, 5) is 11.0. The summed E-state index contributed by atoms with van der Waals surface area (Å²) >= 11 is 0. The number of rotatable bonds is 3. The molecule has 0 aliphatic heterocycles. The predicted octanol–water partition coefficient (Wildman–Crippen LogP) is 1.32. The van der Waals surface area contributed by atoms with Gasteiger partial charge in [0.1, 0.15) is 5.84 Å². The topological polar surface area (TPSA) is 79.0 Å². The number of nitrogens with one attached hydrogen (secondary N) is 2. The fraction of sp³-hybridized carbons (Fsp3) is 0.200. The third-order valence-electron chi connectivity index (χ3n) is 1.80. The lowest BCUT2D eigenvalue weighted by atomic mass is 10.2. The molecule has 74 valence electrons. The van der Waals surface area contributed by atoms with Crippen LogP contribution < -0.4 is 11.1 Å². The summed E-state index contributed by atoms with van der Waals surface area (Å²) in [5.74, 6) is -0.000979. The normalized spacial score (nSPS) is 9.50. The van der Waals surface area contributed by atoms with Crippen LogP contribution in [0.25, 0.3) is 0 Å². The monoisotopic (exact) mass is 191 g/mol. The van der Waals surface area contributed by atoms with Crippen LogP contribution in [0.15, 0.2) is 24.3 Å². The first-order valence-electron chi connectivity index (χ1n) is 4.37. The Morgan fingerprint density at radius 1 is 1.43 bits per heavy atom. The molecular formula is C10H13N3O. The number of amidine groups is 1. The molecule has 0 spiro atoms. The molecule has 0 fully saturated rings. The Balaban J connectivity index is 2.73. The highest BCUT2D eigenvalue weighted by molar-refractivity contribution is 5.96. The van der Waals surface area contributed by atoms with Crippen molar-refractivity contribution in [2.24, 2.45) is 5.73 Å². The Labute approximate surface area is 82.6 Å². The van der Waals surface area contributed by atoms with Crippen molar-refractivity contribution in [2.75, 3.05) is 5.32 Å². The zero-order chi connectivity index (χ0) is 10.6. The van der Waals surface area contributed by atoms with Gasteiger partial charge in [0, 0.05) is 17.7 Å². The Bertz CT molecular complexity index is 343. The van der Waals surface area contributed by atoms with E-state index in [0.29, 0.717) is 12.0 Å². The molecule has 1 aromatic rings. The summed E-state index contributed by atoms with van der Waals surface area (Å²) in [5.41, 5.74) is 6.66. The summed E-state index contributed by atoms with van der Waals surface area (Å²) in [7, 11) is 0. The number of hydrogen-bond donors (Lipinski definition) is 3. The molecule has 4 nitrogen and oxygen atoms in total. The van der Waals surface area contributed by atoms with Gasteiger partial charge in [-0.25, -0.2) is 0 Å². The largest absolute Gasteiger partial charge is 0.384 e. The van der Waals surface area contributed by atoms with Crippen molar-refractivity contribution in [3.63, 3.8) is 0 Å². The number of carbonyl (C=O) groups excluding carboxylic acids is 1. The number of nitrogens with two attached hydrogens (primary N) is 1. The van der Waals surface area contributed by atoms with Gasteiger partial charge in [0.15, 0.2) is 0 Å². The number of hydrogen-bond acceptors (Lipinski definition) is 2. The van der Waals surface area contributed by atoms with Crippen molar-refractivity contribution < 1.29 is 4.79 Å². The van der Waals surface area contributed by atoms with Crippen molar-refractivity contribution in [3.05, 3.63) is 29.8 Å². The smallest absolute Gasteiger partial charge is 0.224 e. The number of amides is 1. The maximum absolute atomic E-state index is 11.0. The fourth-order valence-electron chi connectivity index (χ4n) is 0.982. The van der Waals surface area contributed by atoms with E-state index in [1.165, 1.54) is 0 Å². The van der Waals surface area contributed by atoms with Gasteiger partial charge >= 0.3 is 0 Å². The van der Waals surface area contributed by atoms with E-state index < -0.39 is 0 Å². The van der Waals surface area contributed by atoms with Crippen LogP contribution in [0.2, 0.25) is 0 Å². The zero-order valence-electron chi connectivity index (χ0n) is 8.00. The SMILES string of the molecule is CCC(=O)Nc1ccc(C(=N)N)cc1. The Kier molecular flexibility index (Phi) is 3.23. The Morgan fingerprint density at radius 3 is 2.43 bits per heavy atom.